The van der Waals surface area contributed by atoms with Crippen LogP contribution in [0.1, 0.15) is 18.3 Å². The Balaban J connectivity index is 0.000000175. The largest absolute Gasteiger partial charge is 0.222 e. The van der Waals surface area contributed by atoms with Crippen molar-refractivity contribution in [2.24, 2.45) is 0 Å². The minimum Gasteiger partial charge on any atom is -0.222 e. The van der Waals surface area contributed by atoms with Crippen molar-refractivity contribution in [2.75, 3.05) is 0 Å². The van der Waals surface area contributed by atoms with Crippen molar-refractivity contribution in [2.45, 2.75) is 6.92 Å². The van der Waals surface area contributed by atoms with Crippen molar-refractivity contribution >= 4 is 210 Å². The molecule has 16 heterocycles. The van der Waals surface area contributed by atoms with Crippen LogP contribution in [-0.4, -0.2) is 29.9 Å². The monoisotopic (exact) mass is 1370 g/mol. The topological polar surface area (TPSA) is 77.3 Å². The molecule has 0 aliphatic rings. The van der Waals surface area contributed by atoms with Crippen molar-refractivity contribution in [1.82, 2.24) is 29.9 Å². The molecule has 410 valence electrons. The molecular formula is C61H40N6S16. The van der Waals surface area contributed by atoms with Gasteiger partial charge in [-0.15, -0.1) is 120 Å². The fraction of sp³-hybridized carbons (Fsp3) is 0.0164. The van der Waals surface area contributed by atoms with E-state index in [-0.39, 0.29) is 8.56 Å². The molecule has 0 radical (unpaired) electrons. The predicted octanol–water partition coefficient (Wildman–Crippen LogP) is 24.3. The van der Waals surface area contributed by atoms with E-state index in [2.05, 4.69) is 195 Å². The van der Waals surface area contributed by atoms with E-state index in [0.717, 1.165) is 68.8 Å². The third-order valence-corrected chi connectivity index (χ3v) is 29.2. The molecule has 16 rings (SSSR count). The van der Waals surface area contributed by atoms with Crippen molar-refractivity contribution in [3.8, 4) is 146 Å². The van der Waals surface area contributed by atoms with E-state index < -0.39 is 0 Å². The highest BCUT2D eigenvalue weighted by molar-refractivity contribution is 7.35. The van der Waals surface area contributed by atoms with Gasteiger partial charge in [0.1, 0.15) is 30.0 Å². The second kappa shape index (κ2) is 24.8. The Bertz CT molecular complexity index is 4880. The minimum absolute atomic E-state index is 0. The van der Waals surface area contributed by atoms with Crippen LogP contribution in [0.3, 0.4) is 0 Å². The highest BCUT2D eigenvalue weighted by Gasteiger charge is 2.20. The molecule has 16 aromatic heterocycles. The van der Waals surface area contributed by atoms with Gasteiger partial charge < -0.3 is 0 Å². The zero-order valence-corrected chi connectivity index (χ0v) is 55.2. The average molecular weight is 1370 g/mol. The van der Waals surface area contributed by atoms with Crippen LogP contribution in [0.25, 0.3) is 127 Å². The SMILES string of the molecule is C#CC#CC#CC#Cc1ccc(-c2ccc(-c3nc4sc(-c5ccc(-c6ccc(C)s6)s5)nc4s3)s2)s1.[HH].[HH].[HH].[HH].[HH].[HH].c1csc(-c2ccc(-c3nc4sc(-c5ccc(-c6cccs6)s5)nc4s3)s2)c1.c1csc(-c2nc3sc(-c4cccs4)nc3s2)c1. The fourth-order valence-corrected chi connectivity index (χ4v) is 23.4. The lowest BCUT2D eigenvalue weighted by molar-refractivity contribution is 1.51. The van der Waals surface area contributed by atoms with Gasteiger partial charge >= 0.3 is 0 Å². The Labute approximate surface area is 548 Å². The van der Waals surface area contributed by atoms with Gasteiger partial charge in [0.05, 0.1) is 34.1 Å². The number of fused-ring (bicyclic) bond motifs is 3. The molecule has 0 aromatic carbocycles. The molecule has 0 unspecified atom stereocenters. The second-order valence-corrected chi connectivity index (χ2v) is 33.3. The first-order valence-electron chi connectivity index (χ1n) is 24.4. The Kier molecular flexibility index (Phi) is 16.3. The molecule has 22 heteroatoms. The number of thiazole rings is 6. The van der Waals surface area contributed by atoms with Crippen molar-refractivity contribution in [3.05, 3.63) is 153 Å². The van der Waals surface area contributed by atoms with Gasteiger partial charge in [-0.1, -0.05) is 92.3 Å². The van der Waals surface area contributed by atoms with E-state index in [0.29, 0.717) is 0 Å². The van der Waals surface area contributed by atoms with E-state index in [1.807, 2.05) is 17.4 Å². The number of aryl methyl sites for hydroxylation is 1. The summed E-state index contributed by atoms with van der Waals surface area (Å²) in [5.41, 5.74) is 0. The van der Waals surface area contributed by atoms with Crippen LogP contribution in [0.4, 0.5) is 0 Å². The van der Waals surface area contributed by atoms with E-state index in [1.54, 1.807) is 170 Å². The fourth-order valence-electron chi connectivity index (χ4n) is 7.86. The van der Waals surface area contributed by atoms with Gasteiger partial charge in [-0.05, 0) is 167 Å². The molecule has 0 atom stereocenters. The van der Waals surface area contributed by atoms with E-state index >= 15 is 0 Å². The Hall–Kier alpha value is -6.20. The van der Waals surface area contributed by atoms with Gasteiger partial charge in [-0.3, -0.25) is 0 Å². The number of terminal acetylenes is 1. The molecule has 0 fully saturated rings. The van der Waals surface area contributed by atoms with Gasteiger partial charge in [0, 0.05) is 52.5 Å². The maximum absolute atomic E-state index is 5.06. The Morgan fingerprint density at radius 3 is 0.952 bits per heavy atom. The second-order valence-electron chi connectivity index (χ2n) is 17.0. The standard InChI is InChI=1S/C29H12N2S6.C20H10N2S6.C12H6N2S4.6H2/c1-3-4-5-6-7-8-9-19-11-13-21(33-19)23-15-17-25(35-23)27-31-29-28(37-27)30-26(36-29)24-16-14-22(34-24)20-12-10-18(2)32-20;1-3-11(23-9-1)13-5-7-15(25-13)17-21-19-20(27-17)22-18(28-19)16-8-6-14(26-16)12-4-2-10-24-12;1-3-7(15-5-1)9-13-11-12(17-9)14-10(18-11)8-4-2-6-16-8;;;;;;/h1,10-17H,2H3;1-10H;1-6H;6*1H. The summed E-state index contributed by atoms with van der Waals surface area (Å²) in [6, 6.07) is 42.7. The summed E-state index contributed by atoms with van der Waals surface area (Å²) in [4.78, 5) is 54.8. The smallest absolute Gasteiger partial charge is 0.155 e. The summed E-state index contributed by atoms with van der Waals surface area (Å²) < 4.78 is 0. The quantitative estimate of drug-likeness (QED) is 0.127. The van der Waals surface area contributed by atoms with E-state index in [1.165, 1.54) is 68.3 Å². The molecule has 83 heavy (non-hydrogen) atoms. The molecule has 0 amide bonds. The molecular weight excluding hydrogens is 1330 g/mol. The molecule has 0 spiro atoms. The van der Waals surface area contributed by atoms with Gasteiger partial charge in [-0.2, -0.15) is 0 Å². The highest BCUT2D eigenvalue weighted by Crippen LogP contribution is 2.47. The molecule has 16 aromatic rings. The zero-order chi connectivity index (χ0) is 55.6. The first kappa shape index (κ1) is 54.7. The molecule has 0 saturated carbocycles. The molecule has 0 N–H and O–H groups in total. The average Bonchev–Trinajstić information content (AvgIpc) is 1.74. The summed E-state index contributed by atoms with van der Waals surface area (Å²) in [6.07, 6.45) is 5.06. The molecule has 0 aliphatic carbocycles. The number of nitrogens with zero attached hydrogens (tertiary/aromatic N) is 6. The zero-order valence-electron chi connectivity index (χ0n) is 42.1. The predicted molar refractivity (Wildman–Crippen MR) is 388 cm³/mol. The van der Waals surface area contributed by atoms with Crippen LogP contribution in [0, 0.1) is 54.8 Å². The van der Waals surface area contributed by atoms with Crippen LogP contribution < -0.4 is 0 Å². The van der Waals surface area contributed by atoms with Crippen molar-refractivity contribution in [3.63, 3.8) is 0 Å². The van der Waals surface area contributed by atoms with Crippen molar-refractivity contribution in [1.29, 1.82) is 0 Å². The van der Waals surface area contributed by atoms with Crippen LogP contribution >= 0.6 is 181 Å². The number of thiophene rings is 10. The summed E-state index contributed by atoms with van der Waals surface area (Å²) in [6.45, 7) is 2.14. The molecule has 0 aliphatic heterocycles. The maximum Gasteiger partial charge on any atom is 0.155 e. The van der Waals surface area contributed by atoms with Gasteiger partial charge in [0.15, 0.2) is 29.0 Å². The lowest BCUT2D eigenvalue weighted by atomic mass is 10.3. The van der Waals surface area contributed by atoms with Crippen LogP contribution in [0.15, 0.2) is 143 Å². The third-order valence-electron chi connectivity index (χ3n) is 11.5. The van der Waals surface area contributed by atoms with Gasteiger partial charge in [0.2, 0.25) is 0 Å². The van der Waals surface area contributed by atoms with Crippen LogP contribution in [-0.2, 0) is 0 Å². The normalized spacial score (nSPS) is 10.9. The van der Waals surface area contributed by atoms with Crippen molar-refractivity contribution < 1.29 is 8.56 Å². The van der Waals surface area contributed by atoms with E-state index in [4.69, 9.17) is 26.4 Å². The number of aromatic nitrogens is 6. The number of hydrogen-bond acceptors (Lipinski definition) is 22. The Morgan fingerprint density at radius 1 is 0.289 bits per heavy atom. The maximum atomic E-state index is 5.06. The van der Waals surface area contributed by atoms with E-state index in [9.17, 15) is 0 Å². The molecule has 6 nitrogen and oxygen atoms in total. The lowest BCUT2D eigenvalue weighted by Gasteiger charge is -1.91. The minimum atomic E-state index is 0. The molecule has 0 bridgehead atoms. The highest BCUT2D eigenvalue weighted by atomic mass is 32.2. The van der Waals surface area contributed by atoms with Crippen LogP contribution in [0.2, 0.25) is 0 Å². The third kappa shape index (κ3) is 12.2. The van der Waals surface area contributed by atoms with Gasteiger partial charge in [0.25, 0.3) is 0 Å². The number of hydrogen-bond donors (Lipinski definition) is 0. The van der Waals surface area contributed by atoms with Gasteiger partial charge in [-0.25, -0.2) is 29.9 Å². The summed E-state index contributed by atoms with van der Waals surface area (Å²) in [5, 5.41) is 14.7. The molecule has 0 saturated heterocycles. The Morgan fingerprint density at radius 2 is 0.590 bits per heavy atom. The van der Waals surface area contributed by atoms with Crippen LogP contribution in [0.5, 0.6) is 0 Å². The lowest BCUT2D eigenvalue weighted by Crippen LogP contribution is -1.67. The first-order chi connectivity index (χ1) is 40.9. The summed E-state index contributed by atoms with van der Waals surface area (Å²) in [5.74, 6) is 18.4. The first-order valence-corrected chi connectivity index (χ1v) is 37.7. The summed E-state index contributed by atoms with van der Waals surface area (Å²) in [7, 11) is 0. The number of rotatable bonds is 10. The summed E-state index contributed by atoms with van der Waals surface area (Å²) >= 11 is 27.7.